The molecule has 0 aromatic heterocycles. The molecule has 2 aromatic carbocycles. The van der Waals surface area contributed by atoms with Crippen molar-refractivity contribution in [3.63, 3.8) is 0 Å². The molecule has 172 valence electrons. The molecule has 2 aromatic rings. The number of carbonyl (C=O) groups excluding carboxylic acids is 2. The van der Waals surface area contributed by atoms with Crippen molar-refractivity contribution in [2.75, 3.05) is 61.3 Å². The number of nitrogens with one attached hydrogen (secondary N) is 3. The maximum absolute atomic E-state index is 12.4. The number of hydrogen-bond donors (Lipinski definition) is 4. The number of para-hydroxylation sites is 1. The summed E-state index contributed by atoms with van der Waals surface area (Å²) in [6.45, 7) is 9.18. The highest BCUT2D eigenvalue weighted by molar-refractivity contribution is 5.96. The van der Waals surface area contributed by atoms with Crippen LogP contribution in [-0.4, -0.2) is 57.8 Å². The molecule has 1 aliphatic rings. The van der Waals surface area contributed by atoms with Crippen LogP contribution in [0.5, 0.6) is 0 Å². The van der Waals surface area contributed by atoms with E-state index < -0.39 is 0 Å². The first-order chi connectivity index (χ1) is 15.5. The van der Waals surface area contributed by atoms with Crippen molar-refractivity contribution in [2.24, 2.45) is 0 Å². The van der Waals surface area contributed by atoms with E-state index in [4.69, 9.17) is 5.73 Å². The number of aryl methyl sites for hydroxylation is 1. The Balaban J connectivity index is 1.48. The number of nitrogens with two attached hydrogens (primary N) is 1. The lowest BCUT2D eigenvalue weighted by molar-refractivity contribution is 0.0953. The SMILES string of the molecule is CCNC(=O)NCCCNC(=O)c1ccc(N2CCN(c3ccccc3C)CC2)c(N)c1. The van der Waals surface area contributed by atoms with Crippen molar-refractivity contribution in [3.05, 3.63) is 53.6 Å². The first-order valence-electron chi connectivity index (χ1n) is 11.2. The standard InChI is InChI=1S/C24H34N6O2/c1-3-26-24(32)28-12-6-11-27-23(31)19-9-10-22(20(25)17-19)30-15-13-29(14-16-30)21-8-5-4-7-18(21)2/h4-5,7-10,17H,3,6,11-16,25H2,1-2H3,(H,27,31)(H2,26,28,32). The molecule has 0 bridgehead atoms. The minimum atomic E-state index is -0.193. The van der Waals surface area contributed by atoms with Crippen LogP contribution < -0.4 is 31.5 Å². The number of benzene rings is 2. The molecule has 3 rings (SSSR count). The summed E-state index contributed by atoms with van der Waals surface area (Å²) in [6.07, 6.45) is 0.654. The minimum absolute atomic E-state index is 0.161. The molecule has 1 aliphatic heterocycles. The number of piperazine rings is 1. The van der Waals surface area contributed by atoms with Crippen molar-refractivity contribution in [1.29, 1.82) is 0 Å². The molecule has 1 fully saturated rings. The summed E-state index contributed by atoms with van der Waals surface area (Å²) in [7, 11) is 0. The van der Waals surface area contributed by atoms with E-state index in [-0.39, 0.29) is 11.9 Å². The summed E-state index contributed by atoms with van der Waals surface area (Å²) in [4.78, 5) is 28.4. The lowest BCUT2D eigenvalue weighted by Gasteiger charge is -2.38. The summed E-state index contributed by atoms with van der Waals surface area (Å²) in [5.41, 5.74) is 11.0. The largest absolute Gasteiger partial charge is 0.397 e. The number of carbonyl (C=O) groups is 2. The number of amides is 3. The van der Waals surface area contributed by atoms with Crippen molar-refractivity contribution in [1.82, 2.24) is 16.0 Å². The summed E-state index contributed by atoms with van der Waals surface area (Å²) in [6, 6.07) is 13.8. The number of nitrogen functional groups attached to an aromatic ring is 1. The highest BCUT2D eigenvalue weighted by Gasteiger charge is 2.20. The zero-order valence-corrected chi connectivity index (χ0v) is 19.0. The van der Waals surface area contributed by atoms with Gasteiger partial charge in [0.2, 0.25) is 0 Å². The molecule has 8 heteroatoms. The van der Waals surface area contributed by atoms with Gasteiger partial charge in [-0.2, -0.15) is 0 Å². The van der Waals surface area contributed by atoms with Crippen LogP contribution in [0, 0.1) is 6.92 Å². The second-order valence-electron chi connectivity index (χ2n) is 7.93. The van der Waals surface area contributed by atoms with E-state index in [2.05, 4.69) is 56.9 Å². The fourth-order valence-electron chi connectivity index (χ4n) is 3.91. The van der Waals surface area contributed by atoms with Crippen LogP contribution in [0.15, 0.2) is 42.5 Å². The fraction of sp³-hybridized carbons (Fsp3) is 0.417. The summed E-state index contributed by atoms with van der Waals surface area (Å²) < 4.78 is 0. The first-order valence-corrected chi connectivity index (χ1v) is 11.2. The van der Waals surface area contributed by atoms with Crippen LogP contribution in [0.1, 0.15) is 29.3 Å². The lowest BCUT2D eigenvalue weighted by atomic mass is 10.1. The van der Waals surface area contributed by atoms with Gasteiger partial charge in [-0.15, -0.1) is 0 Å². The number of rotatable bonds is 8. The Morgan fingerprint density at radius 2 is 1.56 bits per heavy atom. The molecular formula is C24H34N6O2. The highest BCUT2D eigenvalue weighted by atomic mass is 16.2. The topological polar surface area (TPSA) is 103 Å². The fourth-order valence-corrected chi connectivity index (χ4v) is 3.91. The molecule has 0 aliphatic carbocycles. The Morgan fingerprint density at radius 3 is 2.22 bits per heavy atom. The second-order valence-corrected chi connectivity index (χ2v) is 7.93. The van der Waals surface area contributed by atoms with E-state index in [1.54, 1.807) is 6.07 Å². The maximum Gasteiger partial charge on any atom is 0.314 e. The predicted molar refractivity (Wildman–Crippen MR) is 130 cm³/mol. The monoisotopic (exact) mass is 438 g/mol. The Kier molecular flexibility index (Phi) is 8.19. The van der Waals surface area contributed by atoms with Gasteiger partial charge in [0.15, 0.2) is 0 Å². The molecule has 0 atom stereocenters. The van der Waals surface area contributed by atoms with Crippen molar-refractivity contribution >= 4 is 29.0 Å². The zero-order valence-electron chi connectivity index (χ0n) is 19.0. The second kappa shape index (κ2) is 11.3. The number of anilines is 3. The van der Waals surface area contributed by atoms with E-state index in [9.17, 15) is 9.59 Å². The molecule has 0 spiro atoms. The first kappa shape index (κ1) is 23.2. The van der Waals surface area contributed by atoms with Gasteiger partial charge in [-0.05, 0) is 50.1 Å². The average molecular weight is 439 g/mol. The van der Waals surface area contributed by atoms with Gasteiger partial charge in [-0.1, -0.05) is 18.2 Å². The van der Waals surface area contributed by atoms with E-state index in [0.29, 0.717) is 37.3 Å². The number of urea groups is 1. The van der Waals surface area contributed by atoms with Crippen LogP contribution in [0.3, 0.4) is 0 Å². The van der Waals surface area contributed by atoms with Gasteiger partial charge in [0.1, 0.15) is 0 Å². The van der Waals surface area contributed by atoms with Crippen molar-refractivity contribution in [2.45, 2.75) is 20.3 Å². The number of nitrogens with zero attached hydrogens (tertiary/aromatic N) is 2. The van der Waals surface area contributed by atoms with Gasteiger partial charge in [-0.3, -0.25) is 4.79 Å². The third-order valence-electron chi connectivity index (χ3n) is 5.63. The molecular weight excluding hydrogens is 404 g/mol. The molecule has 0 saturated carbocycles. The molecule has 0 radical (unpaired) electrons. The van der Waals surface area contributed by atoms with Crippen molar-refractivity contribution < 1.29 is 9.59 Å². The van der Waals surface area contributed by atoms with Crippen LogP contribution in [0.2, 0.25) is 0 Å². The van der Waals surface area contributed by atoms with Crippen LogP contribution >= 0.6 is 0 Å². The number of hydrogen-bond acceptors (Lipinski definition) is 5. The van der Waals surface area contributed by atoms with Crippen LogP contribution in [-0.2, 0) is 0 Å². The van der Waals surface area contributed by atoms with E-state index in [1.165, 1.54) is 11.3 Å². The highest BCUT2D eigenvalue weighted by Crippen LogP contribution is 2.27. The Hall–Kier alpha value is -3.42. The Bertz CT molecular complexity index is 924. The summed E-state index contributed by atoms with van der Waals surface area (Å²) >= 11 is 0. The zero-order chi connectivity index (χ0) is 22.9. The van der Waals surface area contributed by atoms with Gasteiger partial charge in [0.25, 0.3) is 5.91 Å². The van der Waals surface area contributed by atoms with Gasteiger partial charge in [0.05, 0.1) is 11.4 Å². The third-order valence-corrected chi connectivity index (χ3v) is 5.63. The summed E-state index contributed by atoms with van der Waals surface area (Å²) in [5, 5.41) is 8.27. The minimum Gasteiger partial charge on any atom is -0.397 e. The van der Waals surface area contributed by atoms with Gasteiger partial charge in [-0.25, -0.2) is 4.79 Å². The van der Waals surface area contributed by atoms with Gasteiger partial charge in [0, 0.05) is 57.1 Å². The average Bonchev–Trinajstić information content (AvgIpc) is 2.79. The third kappa shape index (κ3) is 6.06. The van der Waals surface area contributed by atoms with E-state index in [1.807, 2.05) is 19.1 Å². The van der Waals surface area contributed by atoms with E-state index >= 15 is 0 Å². The van der Waals surface area contributed by atoms with E-state index in [0.717, 1.165) is 31.9 Å². The summed E-state index contributed by atoms with van der Waals surface area (Å²) in [5.74, 6) is -0.161. The quantitative estimate of drug-likeness (QED) is 0.374. The van der Waals surface area contributed by atoms with Crippen molar-refractivity contribution in [3.8, 4) is 0 Å². The molecule has 1 saturated heterocycles. The molecule has 5 N–H and O–H groups in total. The van der Waals surface area contributed by atoms with Crippen LogP contribution in [0.25, 0.3) is 0 Å². The van der Waals surface area contributed by atoms with Gasteiger partial charge >= 0.3 is 6.03 Å². The molecule has 32 heavy (non-hydrogen) atoms. The normalized spacial score (nSPS) is 13.6. The Labute approximate surface area is 190 Å². The predicted octanol–water partition coefficient (Wildman–Crippen LogP) is 2.34. The molecule has 0 unspecified atom stereocenters. The molecule has 3 amide bonds. The lowest BCUT2D eigenvalue weighted by Crippen LogP contribution is -2.47. The maximum atomic E-state index is 12.4. The Morgan fingerprint density at radius 1 is 0.906 bits per heavy atom. The van der Waals surface area contributed by atoms with Crippen LogP contribution in [0.4, 0.5) is 21.9 Å². The van der Waals surface area contributed by atoms with Gasteiger partial charge < -0.3 is 31.5 Å². The molecule has 8 nitrogen and oxygen atoms in total. The molecule has 1 heterocycles. The smallest absolute Gasteiger partial charge is 0.314 e.